The van der Waals surface area contributed by atoms with Gasteiger partial charge in [-0.3, -0.25) is 14.5 Å². The SMILES string of the molecule is CNC(=O)c1ccc(C2=CCN(C/C(N)=C/c3ncc(C)c(=O)[nH]3)CC2)c(C)n1. The number of nitrogens with two attached hydrogens (primary N) is 1. The molecule has 0 fully saturated rings. The van der Waals surface area contributed by atoms with Crippen LogP contribution in [0.3, 0.4) is 0 Å². The van der Waals surface area contributed by atoms with E-state index in [1.54, 1.807) is 32.3 Å². The van der Waals surface area contributed by atoms with Crippen molar-refractivity contribution in [1.82, 2.24) is 25.2 Å². The molecule has 8 nitrogen and oxygen atoms in total. The van der Waals surface area contributed by atoms with Gasteiger partial charge in [-0.1, -0.05) is 12.1 Å². The highest BCUT2D eigenvalue weighted by molar-refractivity contribution is 5.92. The molecular weight excluding hydrogens is 368 g/mol. The standard InChI is InChI=1S/C21H26N6O2/c1-13-11-24-19(26-20(13)28)10-16(22)12-27-8-6-15(7-9-27)17-4-5-18(21(29)23-3)25-14(17)2/h4-6,10-11H,7-9,12,22H2,1-3H3,(H,23,29)(H,24,26,28)/b16-10-. The van der Waals surface area contributed by atoms with E-state index in [2.05, 4.69) is 31.2 Å². The Morgan fingerprint density at radius 1 is 1.38 bits per heavy atom. The average Bonchev–Trinajstić information content (AvgIpc) is 2.71. The molecule has 0 saturated heterocycles. The summed E-state index contributed by atoms with van der Waals surface area (Å²) in [5.41, 5.74) is 10.8. The van der Waals surface area contributed by atoms with Crippen molar-refractivity contribution < 1.29 is 4.79 Å². The highest BCUT2D eigenvalue weighted by Gasteiger charge is 2.16. The molecule has 3 heterocycles. The number of amides is 1. The Kier molecular flexibility index (Phi) is 6.23. The molecule has 2 aromatic rings. The van der Waals surface area contributed by atoms with Crippen LogP contribution in [-0.2, 0) is 0 Å². The number of carbonyl (C=O) groups excluding carboxylic acids is 1. The maximum atomic E-state index is 11.7. The lowest BCUT2D eigenvalue weighted by atomic mass is 9.98. The van der Waals surface area contributed by atoms with Crippen LogP contribution in [0.4, 0.5) is 0 Å². The first kappa shape index (κ1) is 20.5. The molecule has 4 N–H and O–H groups in total. The molecule has 0 spiro atoms. The number of nitrogens with one attached hydrogen (secondary N) is 2. The number of aryl methyl sites for hydroxylation is 2. The van der Waals surface area contributed by atoms with Crippen LogP contribution in [0.2, 0.25) is 0 Å². The summed E-state index contributed by atoms with van der Waals surface area (Å²) in [5, 5.41) is 2.59. The molecule has 29 heavy (non-hydrogen) atoms. The van der Waals surface area contributed by atoms with Gasteiger partial charge in [0.15, 0.2) is 0 Å². The zero-order valence-corrected chi connectivity index (χ0v) is 17.0. The van der Waals surface area contributed by atoms with Crippen molar-refractivity contribution in [1.29, 1.82) is 0 Å². The lowest BCUT2D eigenvalue weighted by Crippen LogP contribution is -2.32. The van der Waals surface area contributed by atoms with E-state index in [1.165, 1.54) is 5.57 Å². The summed E-state index contributed by atoms with van der Waals surface area (Å²) in [5.74, 6) is 0.277. The Balaban J connectivity index is 1.66. The zero-order valence-electron chi connectivity index (χ0n) is 17.0. The number of pyridine rings is 1. The van der Waals surface area contributed by atoms with E-state index in [0.29, 0.717) is 29.3 Å². The van der Waals surface area contributed by atoms with Crippen molar-refractivity contribution in [2.24, 2.45) is 5.73 Å². The number of carbonyl (C=O) groups is 1. The summed E-state index contributed by atoms with van der Waals surface area (Å²) < 4.78 is 0. The number of aromatic amines is 1. The van der Waals surface area contributed by atoms with Gasteiger partial charge in [0.2, 0.25) is 0 Å². The van der Waals surface area contributed by atoms with E-state index in [4.69, 9.17) is 5.73 Å². The smallest absolute Gasteiger partial charge is 0.269 e. The van der Waals surface area contributed by atoms with Crippen LogP contribution in [0.15, 0.2) is 34.9 Å². The normalized spacial score (nSPS) is 15.1. The highest BCUT2D eigenvalue weighted by atomic mass is 16.1. The Morgan fingerprint density at radius 3 is 2.79 bits per heavy atom. The molecule has 0 aliphatic carbocycles. The van der Waals surface area contributed by atoms with Gasteiger partial charge >= 0.3 is 0 Å². The molecule has 0 unspecified atom stereocenters. The summed E-state index contributed by atoms with van der Waals surface area (Å²) in [6.45, 7) is 5.84. The van der Waals surface area contributed by atoms with Gasteiger partial charge in [0.05, 0.1) is 0 Å². The van der Waals surface area contributed by atoms with Crippen LogP contribution in [-0.4, -0.2) is 52.4 Å². The third-order valence-corrected chi connectivity index (χ3v) is 4.91. The molecule has 0 saturated carbocycles. The number of hydrogen-bond donors (Lipinski definition) is 3. The van der Waals surface area contributed by atoms with Crippen molar-refractivity contribution in [2.75, 3.05) is 26.7 Å². The van der Waals surface area contributed by atoms with Crippen molar-refractivity contribution in [3.05, 3.63) is 68.8 Å². The van der Waals surface area contributed by atoms with Gasteiger partial charge in [0.25, 0.3) is 11.5 Å². The molecule has 8 heteroatoms. The monoisotopic (exact) mass is 394 g/mol. The first-order valence-electron chi connectivity index (χ1n) is 9.51. The third kappa shape index (κ3) is 4.97. The summed E-state index contributed by atoms with van der Waals surface area (Å²) in [4.78, 5) is 36.9. The fourth-order valence-electron chi connectivity index (χ4n) is 3.28. The number of rotatable bonds is 5. The second-order valence-electron chi connectivity index (χ2n) is 7.12. The fraction of sp³-hybridized carbons (Fsp3) is 0.333. The van der Waals surface area contributed by atoms with Gasteiger partial charge in [-0.05, 0) is 37.5 Å². The predicted octanol–water partition coefficient (Wildman–Crippen LogP) is 1.23. The minimum absolute atomic E-state index is 0.156. The summed E-state index contributed by atoms with van der Waals surface area (Å²) in [6, 6.07) is 3.71. The quantitative estimate of drug-likeness (QED) is 0.702. The van der Waals surface area contributed by atoms with Crippen LogP contribution in [0, 0.1) is 13.8 Å². The third-order valence-electron chi connectivity index (χ3n) is 4.91. The molecule has 1 amide bonds. The van der Waals surface area contributed by atoms with Gasteiger partial charge < -0.3 is 16.0 Å². The molecular formula is C21H26N6O2. The van der Waals surface area contributed by atoms with Gasteiger partial charge in [0.1, 0.15) is 11.5 Å². The van der Waals surface area contributed by atoms with Crippen LogP contribution >= 0.6 is 0 Å². The maximum absolute atomic E-state index is 11.7. The summed E-state index contributed by atoms with van der Waals surface area (Å²) in [7, 11) is 1.60. The van der Waals surface area contributed by atoms with Gasteiger partial charge in [-0.25, -0.2) is 9.97 Å². The minimum Gasteiger partial charge on any atom is -0.401 e. The Bertz CT molecular complexity index is 1040. The predicted molar refractivity (Wildman–Crippen MR) is 113 cm³/mol. The fourth-order valence-corrected chi connectivity index (χ4v) is 3.28. The molecule has 3 rings (SSSR count). The van der Waals surface area contributed by atoms with Crippen molar-refractivity contribution in [3.63, 3.8) is 0 Å². The maximum Gasteiger partial charge on any atom is 0.269 e. The van der Waals surface area contributed by atoms with Crippen LogP contribution < -0.4 is 16.6 Å². The first-order valence-corrected chi connectivity index (χ1v) is 9.51. The molecule has 1 aliphatic heterocycles. The average molecular weight is 394 g/mol. The van der Waals surface area contributed by atoms with Crippen LogP contribution in [0.1, 0.15) is 39.6 Å². The van der Waals surface area contributed by atoms with Crippen molar-refractivity contribution in [2.45, 2.75) is 20.3 Å². The molecule has 152 valence electrons. The summed E-state index contributed by atoms with van der Waals surface area (Å²) in [6.07, 6.45) is 6.28. The van der Waals surface area contributed by atoms with Gasteiger partial charge in [-0.15, -0.1) is 0 Å². The number of H-pyrrole nitrogens is 1. The number of nitrogens with zero attached hydrogens (tertiary/aromatic N) is 3. The van der Waals surface area contributed by atoms with Crippen LogP contribution in [0.5, 0.6) is 0 Å². The zero-order chi connectivity index (χ0) is 21.0. The van der Waals surface area contributed by atoms with Crippen molar-refractivity contribution >= 4 is 17.6 Å². The van der Waals surface area contributed by atoms with E-state index in [1.807, 2.05) is 13.0 Å². The minimum atomic E-state index is -0.185. The lowest BCUT2D eigenvalue weighted by molar-refractivity contribution is 0.0958. The highest BCUT2D eigenvalue weighted by Crippen LogP contribution is 2.24. The molecule has 0 aromatic carbocycles. The lowest BCUT2D eigenvalue weighted by Gasteiger charge is -2.27. The van der Waals surface area contributed by atoms with Gasteiger partial charge in [-0.2, -0.15) is 0 Å². The number of aromatic nitrogens is 3. The van der Waals surface area contributed by atoms with E-state index in [-0.39, 0.29) is 11.5 Å². The second-order valence-corrected chi connectivity index (χ2v) is 7.12. The van der Waals surface area contributed by atoms with Crippen LogP contribution in [0.25, 0.3) is 11.6 Å². The molecule has 0 radical (unpaired) electrons. The molecule has 0 atom stereocenters. The molecule has 1 aliphatic rings. The van der Waals surface area contributed by atoms with E-state index in [0.717, 1.165) is 30.8 Å². The molecule has 2 aromatic heterocycles. The van der Waals surface area contributed by atoms with E-state index >= 15 is 0 Å². The van der Waals surface area contributed by atoms with E-state index < -0.39 is 0 Å². The first-order chi connectivity index (χ1) is 13.9. The largest absolute Gasteiger partial charge is 0.401 e. The molecule has 0 bridgehead atoms. The van der Waals surface area contributed by atoms with Crippen molar-refractivity contribution in [3.8, 4) is 0 Å². The Morgan fingerprint density at radius 2 is 2.17 bits per heavy atom. The van der Waals surface area contributed by atoms with Gasteiger partial charge in [0, 0.05) is 55.9 Å². The topological polar surface area (TPSA) is 117 Å². The van der Waals surface area contributed by atoms with E-state index in [9.17, 15) is 9.59 Å². The Hall–Kier alpha value is -3.26. The second kappa shape index (κ2) is 8.83. The Labute approximate surface area is 169 Å². The summed E-state index contributed by atoms with van der Waals surface area (Å²) >= 11 is 0. The number of hydrogen-bond acceptors (Lipinski definition) is 6.